The molecule has 0 unspecified atom stereocenters. The van der Waals surface area contributed by atoms with Crippen LogP contribution in [0.2, 0.25) is 5.02 Å². The predicted molar refractivity (Wildman–Crippen MR) is 99.9 cm³/mol. The van der Waals surface area contributed by atoms with E-state index in [1.165, 1.54) is 0 Å². The third kappa shape index (κ3) is 5.53. The normalized spacial score (nSPS) is 10.5. The molecule has 128 valence electrons. The van der Waals surface area contributed by atoms with Crippen LogP contribution in [-0.4, -0.2) is 31.0 Å². The van der Waals surface area contributed by atoms with E-state index >= 15 is 0 Å². The standard InChI is InChI=1S/C19H24ClN3O/c1-3-4-11-23(2)18-12-16(13-21-14-18)19(24)22-10-9-15-5-7-17(20)8-6-15/h5-8,12-14H,3-4,9-11H2,1-2H3,(H,22,24). The van der Waals surface area contributed by atoms with Crippen LogP contribution in [0.5, 0.6) is 0 Å². The maximum absolute atomic E-state index is 12.3. The van der Waals surface area contributed by atoms with E-state index in [4.69, 9.17) is 11.6 Å². The van der Waals surface area contributed by atoms with Crippen molar-refractivity contribution < 1.29 is 4.79 Å². The highest BCUT2D eigenvalue weighted by molar-refractivity contribution is 6.30. The molecule has 0 bridgehead atoms. The van der Waals surface area contributed by atoms with E-state index in [9.17, 15) is 4.79 Å². The minimum Gasteiger partial charge on any atom is -0.373 e. The lowest BCUT2D eigenvalue weighted by molar-refractivity contribution is 0.0954. The molecule has 0 aliphatic rings. The second-order valence-corrected chi connectivity index (χ2v) is 6.28. The van der Waals surface area contributed by atoms with E-state index in [1.807, 2.05) is 37.4 Å². The van der Waals surface area contributed by atoms with Gasteiger partial charge in [-0.3, -0.25) is 9.78 Å². The fraction of sp³-hybridized carbons (Fsp3) is 0.368. The lowest BCUT2D eigenvalue weighted by Gasteiger charge is -2.19. The number of aromatic nitrogens is 1. The molecule has 2 rings (SSSR count). The lowest BCUT2D eigenvalue weighted by Crippen LogP contribution is -2.26. The first-order valence-corrected chi connectivity index (χ1v) is 8.66. The van der Waals surface area contributed by atoms with Gasteiger partial charge in [-0.15, -0.1) is 0 Å². The van der Waals surface area contributed by atoms with E-state index in [-0.39, 0.29) is 5.91 Å². The van der Waals surface area contributed by atoms with Crippen LogP contribution in [0, 0.1) is 0 Å². The molecule has 1 aromatic heterocycles. The Balaban J connectivity index is 1.88. The maximum Gasteiger partial charge on any atom is 0.252 e. The summed E-state index contributed by atoms with van der Waals surface area (Å²) in [6.07, 6.45) is 6.43. The van der Waals surface area contributed by atoms with Crippen molar-refractivity contribution in [3.05, 3.63) is 58.9 Å². The van der Waals surface area contributed by atoms with Crippen molar-refractivity contribution in [1.82, 2.24) is 10.3 Å². The van der Waals surface area contributed by atoms with Gasteiger partial charge >= 0.3 is 0 Å². The Hall–Kier alpha value is -2.07. The van der Waals surface area contributed by atoms with Gasteiger partial charge in [0.15, 0.2) is 0 Å². The summed E-state index contributed by atoms with van der Waals surface area (Å²) in [5.74, 6) is -0.0952. The quantitative estimate of drug-likeness (QED) is 0.788. The first-order chi connectivity index (χ1) is 11.6. The summed E-state index contributed by atoms with van der Waals surface area (Å²) in [5.41, 5.74) is 2.70. The van der Waals surface area contributed by atoms with Crippen molar-refractivity contribution in [3.63, 3.8) is 0 Å². The molecule has 2 aromatic rings. The molecule has 0 aliphatic carbocycles. The highest BCUT2D eigenvalue weighted by Crippen LogP contribution is 2.14. The summed E-state index contributed by atoms with van der Waals surface area (Å²) in [6, 6.07) is 9.55. The van der Waals surface area contributed by atoms with Gasteiger partial charge in [-0.2, -0.15) is 0 Å². The summed E-state index contributed by atoms with van der Waals surface area (Å²) >= 11 is 5.87. The Morgan fingerprint density at radius 1 is 1.25 bits per heavy atom. The van der Waals surface area contributed by atoms with E-state index < -0.39 is 0 Å². The number of benzene rings is 1. The average molecular weight is 346 g/mol. The van der Waals surface area contributed by atoms with Crippen LogP contribution in [0.1, 0.15) is 35.7 Å². The largest absolute Gasteiger partial charge is 0.373 e. The van der Waals surface area contributed by atoms with Crippen molar-refractivity contribution in [2.75, 3.05) is 25.0 Å². The zero-order valence-corrected chi connectivity index (χ0v) is 15.0. The predicted octanol–water partition coefficient (Wildman–Crippen LogP) is 3.94. The monoisotopic (exact) mass is 345 g/mol. The van der Waals surface area contributed by atoms with Crippen molar-refractivity contribution >= 4 is 23.2 Å². The van der Waals surface area contributed by atoms with Gasteiger partial charge in [-0.05, 0) is 36.6 Å². The van der Waals surface area contributed by atoms with Gasteiger partial charge in [-0.25, -0.2) is 0 Å². The lowest BCUT2D eigenvalue weighted by atomic mass is 10.1. The molecule has 1 amide bonds. The van der Waals surface area contributed by atoms with E-state index in [1.54, 1.807) is 12.4 Å². The minimum atomic E-state index is -0.0952. The number of nitrogens with zero attached hydrogens (tertiary/aromatic N) is 2. The number of halogens is 1. The van der Waals surface area contributed by atoms with Crippen LogP contribution in [0.3, 0.4) is 0 Å². The second-order valence-electron chi connectivity index (χ2n) is 5.84. The van der Waals surface area contributed by atoms with E-state index in [2.05, 4.69) is 22.1 Å². The molecule has 0 saturated carbocycles. The summed E-state index contributed by atoms with van der Waals surface area (Å²) in [7, 11) is 2.02. The van der Waals surface area contributed by atoms with Crippen molar-refractivity contribution in [1.29, 1.82) is 0 Å². The van der Waals surface area contributed by atoms with Gasteiger partial charge in [0.05, 0.1) is 17.4 Å². The van der Waals surface area contributed by atoms with Gasteiger partial charge in [0.1, 0.15) is 0 Å². The van der Waals surface area contributed by atoms with Crippen LogP contribution in [-0.2, 0) is 6.42 Å². The average Bonchev–Trinajstić information content (AvgIpc) is 2.61. The summed E-state index contributed by atoms with van der Waals surface area (Å²) in [6.45, 7) is 3.70. The Kier molecular flexibility index (Phi) is 7.07. The first-order valence-electron chi connectivity index (χ1n) is 8.29. The van der Waals surface area contributed by atoms with Crippen molar-refractivity contribution in [3.8, 4) is 0 Å². The Bertz CT molecular complexity index is 658. The molecule has 0 fully saturated rings. The molecule has 0 aliphatic heterocycles. The number of pyridine rings is 1. The number of hydrogen-bond donors (Lipinski definition) is 1. The van der Waals surface area contributed by atoms with Gasteiger partial charge in [0, 0.05) is 31.4 Å². The number of carbonyl (C=O) groups is 1. The first kappa shape index (κ1) is 18.3. The number of amides is 1. The topological polar surface area (TPSA) is 45.2 Å². The Morgan fingerprint density at radius 3 is 2.71 bits per heavy atom. The highest BCUT2D eigenvalue weighted by atomic mass is 35.5. The summed E-state index contributed by atoms with van der Waals surface area (Å²) in [5, 5.41) is 3.66. The minimum absolute atomic E-state index is 0.0952. The molecular formula is C19H24ClN3O. The van der Waals surface area contributed by atoms with Gasteiger partial charge in [0.2, 0.25) is 0 Å². The van der Waals surface area contributed by atoms with Crippen LogP contribution in [0.15, 0.2) is 42.7 Å². The molecule has 1 N–H and O–H groups in total. The molecule has 0 saturated heterocycles. The molecule has 5 heteroatoms. The zero-order chi connectivity index (χ0) is 17.4. The third-order valence-electron chi connectivity index (χ3n) is 3.89. The summed E-state index contributed by atoms with van der Waals surface area (Å²) < 4.78 is 0. The van der Waals surface area contributed by atoms with Gasteiger partial charge < -0.3 is 10.2 Å². The Labute approximate surface area is 148 Å². The molecule has 1 heterocycles. The van der Waals surface area contributed by atoms with Gasteiger partial charge in [-0.1, -0.05) is 37.1 Å². The molecule has 0 spiro atoms. The van der Waals surface area contributed by atoms with Crippen molar-refractivity contribution in [2.45, 2.75) is 26.2 Å². The van der Waals surface area contributed by atoms with Crippen molar-refractivity contribution in [2.24, 2.45) is 0 Å². The molecular weight excluding hydrogens is 322 g/mol. The number of carbonyl (C=O) groups excluding carboxylic acids is 1. The molecule has 4 nitrogen and oxygen atoms in total. The van der Waals surface area contributed by atoms with Crippen LogP contribution in [0.4, 0.5) is 5.69 Å². The molecule has 0 atom stereocenters. The van der Waals surface area contributed by atoms with Crippen LogP contribution < -0.4 is 10.2 Å². The van der Waals surface area contributed by atoms with E-state index in [0.717, 1.165) is 42.1 Å². The molecule has 24 heavy (non-hydrogen) atoms. The number of hydrogen-bond acceptors (Lipinski definition) is 3. The molecule has 1 aromatic carbocycles. The fourth-order valence-corrected chi connectivity index (χ4v) is 2.48. The maximum atomic E-state index is 12.3. The SMILES string of the molecule is CCCCN(C)c1cncc(C(=O)NCCc2ccc(Cl)cc2)c1. The van der Waals surface area contributed by atoms with Gasteiger partial charge in [0.25, 0.3) is 5.91 Å². The molecule has 0 radical (unpaired) electrons. The number of nitrogens with one attached hydrogen (secondary N) is 1. The van der Waals surface area contributed by atoms with Crippen LogP contribution in [0.25, 0.3) is 0 Å². The van der Waals surface area contributed by atoms with E-state index in [0.29, 0.717) is 12.1 Å². The number of unbranched alkanes of at least 4 members (excludes halogenated alkanes) is 1. The second kappa shape index (κ2) is 9.28. The zero-order valence-electron chi connectivity index (χ0n) is 14.3. The fourth-order valence-electron chi connectivity index (χ4n) is 2.36. The smallest absolute Gasteiger partial charge is 0.252 e. The number of rotatable bonds is 8. The summed E-state index contributed by atoms with van der Waals surface area (Å²) in [4.78, 5) is 18.6. The Morgan fingerprint density at radius 2 is 2.00 bits per heavy atom. The highest BCUT2D eigenvalue weighted by Gasteiger charge is 2.08. The number of anilines is 1. The van der Waals surface area contributed by atoms with Crippen LogP contribution >= 0.6 is 11.6 Å². The third-order valence-corrected chi connectivity index (χ3v) is 4.14.